The summed E-state index contributed by atoms with van der Waals surface area (Å²) in [6.45, 7) is 4.06. The van der Waals surface area contributed by atoms with Gasteiger partial charge < -0.3 is 0 Å². The second-order valence-electron chi connectivity index (χ2n) is 3.60. The van der Waals surface area contributed by atoms with Gasteiger partial charge >= 0.3 is 0 Å². The van der Waals surface area contributed by atoms with E-state index in [-0.39, 0.29) is 11.5 Å². The van der Waals surface area contributed by atoms with Gasteiger partial charge in [-0.1, -0.05) is 19.9 Å². The van der Waals surface area contributed by atoms with Crippen LogP contribution in [0.2, 0.25) is 0 Å². The first-order valence-electron chi connectivity index (χ1n) is 4.67. The van der Waals surface area contributed by atoms with Crippen LogP contribution >= 0.6 is 0 Å². The van der Waals surface area contributed by atoms with Gasteiger partial charge in [-0.3, -0.25) is 9.20 Å². The molecule has 0 spiro atoms. The van der Waals surface area contributed by atoms with Crippen molar-refractivity contribution in [3.8, 4) is 0 Å². The van der Waals surface area contributed by atoms with Crippen LogP contribution in [0.25, 0.3) is 5.65 Å². The Balaban J connectivity index is 2.79. The second kappa shape index (κ2) is 3.25. The molecular formula is C11H12N2O. The Bertz CT molecular complexity index is 514. The highest BCUT2D eigenvalue weighted by molar-refractivity contribution is 5.38. The molecule has 2 aromatic rings. The van der Waals surface area contributed by atoms with Crippen LogP contribution in [0.5, 0.6) is 0 Å². The van der Waals surface area contributed by atoms with E-state index in [1.165, 1.54) is 0 Å². The topological polar surface area (TPSA) is 34.4 Å². The SMILES string of the molecule is CC(C)c1cc(=O)n2ccccc2n1. The first-order valence-corrected chi connectivity index (χ1v) is 4.67. The van der Waals surface area contributed by atoms with Crippen LogP contribution in [-0.4, -0.2) is 9.38 Å². The molecule has 0 amide bonds. The molecular weight excluding hydrogens is 176 g/mol. The lowest BCUT2D eigenvalue weighted by Gasteiger charge is -2.05. The highest BCUT2D eigenvalue weighted by Crippen LogP contribution is 2.09. The van der Waals surface area contributed by atoms with E-state index in [0.29, 0.717) is 5.65 Å². The summed E-state index contributed by atoms with van der Waals surface area (Å²) >= 11 is 0. The number of hydrogen-bond donors (Lipinski definition) is 0. The molecule has 72 valence electrons. The monoisotopic (exact) mass is 188 g/mol. The van der Waals surface area contributed by atoms with E-state index in [0.717, 1.165) is 5.69 Å². The third kappa shape index (κ3) is 1.41. The van der Waals surface area contributed by atoms with Gasteiger partial charge in [0.2, 0.25) is 0 Å². The zero-order valence-electron chi connectivity index (χ0n) is 8.27. The minimum absolute atomic E-state index is 0.0145. The highest BCUT2D eigenvalue weighted by atomic mass is 16.1. The van der Waals surface area contributed by atoms with Gasteiger partial charge in [-0.15, -0.1) is 0 Å². The largest absolute Gasteiger partial charge is 0.269 e. The lowest BCUT2D eigenvalue weighted by atomic mass is 10.1. The first-order chi connectivity index (χ1) is 6.68. The average molecular weight is 188 g/mol. The standard InChI is InChI=1S/C11H12N2O/c1-8(2)9-7-11(14)13-6-4-3-5-10(13)12-9/h3-8H,1-2H3. The molecule has 2 aromatic heterocycles. The number of aromatic nitrogens is 2. The Morgan fingerprint density at radius 2 is 2.14 bits per heavy atom. The molecule has 0 aromatic carbocycles. The Labute approximate surface area is 82.0 Å². The molecule has 3 heteroatoms. The van der Waals surface area contributed by atoms with Gasteiger partial charge in [-0.2, -0.15) is 0 Å². The maximum Gasteiger partial charge on any atom is 0.258 e. The van der Waals surface area contributed by atoms with E-state index in [2.05, 4.69) is 4.98 Å². The van der Waals surface area contributed by atoms with Crippen LogP contribution in [-0.2, 0) is 0 Å². The zero-order valence-corrected chi connectivity index (χ0v) is 8.27. The van der Waals surface area contributed by atoms with Crippen molar-refractivity contribution < 1.29 is 0 Å². The van der Waals surface area contributed by atoms with Crippen LogP contribution in [0.15, 0.2) is 35.3 Å². The van der Waals surface area contributed by atoms with Gasteiger partial charge in [-0.25, -0.2) is 4.98 Å². The smallest absolute Gasteiger partial charge is 0.258 e. The quantitative estimate of drug-likeness (QED) is 0.684. The third-order valence-corrected chi connectivity index (χ3v) is 2.18. The average Bonchev–Trinajstić information content (AvgIpc) is 2.17. The fraction of sp³-hybridized carbons (Fsp3) is 0.273. The van der Waals surface area contributed by atoms with Gasteiger partial charge in [0.25, 0.3) is 5.56 Å². The second-order valence-corrected chi connectivity index (χ2v) is 3.60. The van der Waals surface area contributed by atoms with E-state index in [1.54, 1.807) is 16.7 Å². The predicted molar refractivity (Wildman–Crippen MR) is 55.6 cm³/mol. The molecule has 3 nitrogen and oxygen atoms in total. The van der Waals surface area contributed by atoms with Crippen LogP contribution in [0, 0.1) is 0 Å². The molecule has 0 atom stereocenters. The summed E-state index contributed by atoms with van der Waals surface area (Å²) in [5, 5.41) is 0. The van der Waals surface area contributed by atoms with E-state index in [4.69, 9.17) is 0 Å². The van der Waals surface area contributed by atoms with Crippen molar-refractivity contribution in [3.05, 3.63) is 46.5 Å². The molecule has 0 fully saturated rings. The van der Waals surface area contributed by atoms with Crippen molar-refractivity contribution in [3.63, 3.8) is 0 Å². The molecule has 2 rings (SSSR count). The van der Waals surface area contributed by atoms with Gasteiger partial charge in [-0.05, 0) is 18.1 Å². The Hall–Kier alpha value is -1.64. The summed E-state index contributed by atoms with van der Waals surface area (Å²) in [5.41, 5.74) is 1.55. The van der Waals surface area contributed by atoms with Gasteiger partial charge in [0.05, 0.1) is 5.69 Å². The molecule has 0 unspecified atom stereocenters. The third-order valence-electron chi connectivity index (χ3n) is 2.18. The van der Waals surface area contributed by atoms with Crippen molar-refractivity contribution >= 4 is 5.65 Å². The molecule has 0 aliphatic rings. The fourth-order valence-electron chi connectivity index (χ4n) is 1.37. The van der Waals surface area contributed by atoms with Crippen LogP contribution < -0.4 is 5.56 Å². The summed E-state index contributed by atoms with van der Waals surface area (Å²) in [6, 6.07) is 7.14. The number of nitrogens with zero attached hydrogens (tertiary/aromatic N) is 2. The van der Waals surface area contributed by atoms with Gasteiger partial charge in [0.1, 0.15) is 5.65 Å². The van der Waals surface area contributed by atoms with Crippen molar-refractivity contribution in [1.82, 2.24) is 9.38 Å². The lowest BCUT2D eigenvalue weighted by molar-refractivity contribution is 0.812. The molecule has 0 saturated carbocycles. The minimum Gasteiger partial charge on any atom is -0.269 e. The summed E-state index contributed by atoms with van der Waals surface area (Å²) < 4.78 is 1.55. The van der Waals surface area contributed by atoms with Crippen molar-refractivity contribution in [2.45, 2.75) is 19.8 Å². The molecule has 0 aliphatic carbocycles. The Morgan fingerprint density at radius 1 is 1.36 bits per heavy atom. The molecule has 14 heavy (non-hydrogen) atoms. The number of fused-ring (bicyclic) bond motifs is 1. The number of rotatable bonds is 1. The van der Waals surface area contributed by atoms with Gasteiger partial charge in [0, 0.05) is 12.3 Å². The van der Waals surface area contributed by atoms with Crippen molar-refractivity contribution in [2.24, 2.45) is 0 Å². The molecule has 0 aliphatic heterocycles. The van der Waals surface area contributed by atoms with E-state index in [9.17, 15) is 4.79 Å². The van der Waals surface area contributed by atoms with Crippen LogP contribution in [0.1, 0.15) is 25.5 Å². The van der Waals surface area contributed by atoms with E-state index in [1.807, 2.05) is 32.0 Å². The molecule has 0 radical (unpaired) electrons. The Kier molecular flexibility index (Phi) is 2.08. The van der Waals surface area contributed by atoms with Crippen molar-refractivity contribution in [1.29, 1.82) is 0 Å². The van der Waals surface area contributed by atoms with Crippen molar-refractivity contribution in [2.75, 3.05) is 0 Å². The summed E-state index contributed by atoms with van der Waals surface area (Å²) in [6.07, 6.45) is 1.73. The molecule has 2 heterocycles. The normalized spacial score (nSPS) is 11.1. The minimum atomic E-state index is -0.0145. The molecule has 0 bridgehead atoms. The molecule has 0 saturated heterocycles. The number of hydrogen-bond acceptors (Lipinski definition) is 2. The predicted octanol–water partition coefficient (Wildman–Crippen LogP) is 1.82. The van der Waals surface area contributed by atoms with E-state index < -0.39 is 0 Å². The van der Waals surface area contributed by atoms with Crippen LogP contribution in [0.3, 0.4) is 0 Å². The van der Waals surface area contributed by atoms with E-state index >= 15 is 0 Å². The maximum absolute atomic E-state index is 11.6. The van der Waals surface area contributed by atoms with Gasteiger partial charge in [0.15, 0.2) is 0 Å². The molecule has 0 N–H and O–H groups in total. The fourth-order valence-corrected chi connectivity index (χ4v) is 1.37. The first kappa shape index (κ1) is 8.94. The van der Waals surface area contributed by atoms with Crippen LogP contribution in [0.4, 0.5) is 0 Å². The highest BCUT2D eigenvalue weighted by Gasteiger charge is 2.04. The zero-order chi connectivity index (χ0) is 10.1. The summed E-state index contributed by atoms with van der Waals surface area (Å²) in [5.74, 6) is 0.285. The summed E-state index contributed by atoms with van der Waals surface area (Å²) in [7, 11) is 0. The maximum atomic E-state index is 11.6. The Morgan fingerprint density at radius 3 is 2.86 bits per heavy atom. The summed E-state index contributed by atoms with van der Waals surface area (Å²) in [4.78, 5) is 16.0. The number of pyridine rings is 1. The lowest BCUT2D eigenvalue weighted by Crippen LogP contribution is -2.15.